The molecule has 0 heterocycles. The Bertz CT molecular complexity index is 211. The fourth-order valence-corrected chi connectivity index (χ4v) is 1.85. The Labute approximate surface area is 114 Å². The molecule has 0 aliphatic heterocycles. The smallest absolute Gasteiger partial charge is 0.132 e. The molecule has 110 valence electrons. The van der Waals surface area contributed by atoms with Crippen LogP contribution in [0.2, 0.25) is 0 Å². The Kier molecular flexibility index (Phi) is 14.3. The van der Waals surface area contributed by atoms with Crippen molar-refractivity contribution >= 4 is 5.78 Å². The van der Waals surface area contributed by atoms with Gasteiger partial charge in [0.25, 0.3) is 0 Å². The molecular weight excluding hydrogens is 226 g/mol. The fourth-order valence-electron chi connectivity index (χ4n) is 1.85. The van der Waals surface area contributed by atoms with E-state index in [1.54, 1.807) is 6.92 Å². The highest BCUT2D eigenvalue weighted by Crippen LogP contribution is 2.22. The molecule has 1 N–H and O–H groups in total. The topological polar surface area (TPSA) is 38.3 Å². The van der Waals surface area contributed by atoms with Crippen LogP contribution in [-0.4, -0.2) is 30.6 Å². The third-order valence-corrected chi connectivity index (χ3v) is 1.83. The molecule has 0 saturated heterocycles. The number of ether oxygens (including phenoxy) is 1. The molecule has 3 nitrogen and oxygen atoms in total. The Balaban J connectivity index is -0.000000506. The van der Waals surface area contributed by atoms with Crippen molar-refractivity contribution in [3.05, 3.63) is 13.2 Å². The van der Waals surface area contributed by atoms with Gasteiger partial charge in [-0.25, -0.2) is 0 Å². The number of likely N-dealkylation sites (N-methyl/N-ethyl adjacent to an activating group) is 1. The second kappa shape index (κ2) is 11.4. The average Bonchev–Trinajstić information content (AvgIpc) is 2.19. The molecule has 0 radical (unpaired) electrons. The Morgan fingerprint density at radius 1 is 1.11 bits per heavy atom. The summed E-state index contributed by atoms with van der Waals surface area (Å²) in [5.74, 6) is 0.162. The van der Waals surface area contributed by atoms with Crippen molar-refractivity contribution in [3.63, 3.8) is 0 Å². The molecule has 0 atom stereocenters. The molecule has 0 aromatic heterocycles. The van der Waals surface area contributed by atoms with Crippen LogP contribution in [0.5, 0.6) is 0 Å². The minimum Gasteiger partial charge on any atom is -0.368 e. The van der Waals surface area contributed by atoms with E-state index < -0.39 is 0 Å². The summed E-state index contributed by atoms with van der Waals surface area (Å²) >= 11 is 0. The van der Waals surface area contributed by atoms with E-state index in [0.717, 1.165) is 6.54 Å². The van der Waals surface area contributed by atoms with Crippen LogP contribution in [0, 0.1) is 0 Å². The number of carbonyl (C=O) groups excluding carboxylic acids is 1. The molecule has 0 unspecified atom stereocenters. The maximum absolute atomic E-state index is 11.0. The number of carbonyl (C=O) groups is 1. The maximum atomic E-state index is 11.0. The van der Waals surface area contributed by atoms with Gasteiger partial charge in [0, 0.05) is 13.0 Å². The van der Waals surface area contributed by atoms with Crippen LogP contribution in [0.1, 0.15) is 54.9 Å². The lowest BCUT2D eigenvalue weighted by Crippen LogP contribution is -2.43. The third kappa shape index (κ3) is 15.3. The second-order valence-corrected chi connectivity index (χ2v) is 5.03. The number of hydrogen-bond donors (Lipinski definition) is 1. The third-order valence-electron chi connectivity index (χ3n) is 1.83. The maximum Gasteiger partial charge on any atom is 0.132 e. The zero-order valence-electron chi connectivity index (χ0n) is 13.6. The molecule has 18 heavy (non-hydrogen) atoms. The zero-order chi connectivity index (χ0) is 15.4. The van der Waals surface area contributed by atoms with Crippen LogP contribution in [0.25, 0.3) is 0 Å². The quantitative estimate of drug-likeness (QED) is 0.741. The number of hydrogen-bond acceptors (Lipinski definition) is 3. The first-order chi connectivity index (χ1) is 8.18. The van der Waals surface area contributed by atoms with E-state index in [1.807, 2.05) is 48.6 Å². The first-order valence-electron chi connectivity index (χ1n) is 6.53. The summed E-state index contributed by atoms with van der Waals surface area (Å²) in [6.07, 6.45) is 0.458. The van der Waals surface area contributed by atoms with Crippen molar-refractivity contribution in [2.75, 3.05) is 13.6 Å². The summed E-state index contributed by atoms with van der Waals surface area (Å²) < 4.78 is 5.89. The number of nitrogens with one attached hydrogen (secondary N) is 1. The molecule has 0 rings (SSSR count). The highest BCUT2D eigenvalue weighted by molar-refractivity contribution is 5.76. The van der Waals surface area contributed by atoms with Gasteiger partial charge in [-0.1, -0.05) is 13.8 Å². The van der Waals surface area contributed by atoms with Crippen LogP contribution in [0.4, 0.5) is 0 Å². The van der Waals surface area contributed by atoms with E-state index in [0.29, 0.717) is 6.42 Å². The predicted octanol–water partition coefficient (Wildman–Crippen LogP) is 3.59. The first-order valence-corrected chi connectivity index (χ1v) is 6.53. The number of Topliss-reactive ketones (excluding diaryl/α,β-unsaturated/α-hetero) is 1. The highest BCUT2D eigenvalue weighted by Gasteiger charge is 2.29. The van der Waals surface area contributed by atoms with Gasteiger partial charge in [-0.15, -0.1) is 13.2 Å². The largest absolute Gasteiger partial charge is 0.368 e. The van der Waals surface area contributed by atoms with Gasteiger partial charge in [-0.05, 0) is 41.7 Å². The molecule has 0 amide bonds. The molecule has 0 aliphatic rings. The van der Waals surface area contributed by atoms with Gasteiger partial charge in [0.05, 0.1) is 11.2 Å². The van der Waals surface area contributed by atoms with Gasteiger partial charge in [0.1, 0.15) is 5.78 Å². The van der Waals surface area contributed by atoms with E-state index in [-0.39, 0.29) is 17.0 Å². The lowest BCUT2D eigenvalue weighted by Gasteiger charge is -2.35. The molecule has 0 aromatic rings. The van der Waals surface area contributed by atoms with Crippen molar-refractivity contribution < 1.29 is 9.53 Å². The Morgan fingerprint density at radius 2 is 1.50 bits per heavy atom. The van der Waals surface area contributed by atoms with Gasteiger partial charge in [0.15, 0.2) is 0 Å². The standard InChI is InChI=1S/C11H23NO2.C2H6.C2H4/c1-9(13)7-10(2,3)14-11(4,5)8-12-6;2*1-2/h12H,7-8H2,1-6H3;1-2H3;1-2H2. The minimum absolute atomic E-state index is 0.162. The van der Waals surface area contributed by atoms with E-state index in [1.165, 1.54) is 0 Å². The van der Waals surface area contributed by atoms with E-state index in [4.69, 9.17) is 4.74 Å². The highest BCUT2D eigenvalue weighted by atomic mass is 16.5. The van der Waals surface area contributed by atoms with Gasteiger partial charge < -0.3 is 10.1 Å². The summed E-state index contributed by atoms with van der Waals surface area (Å²) in [6, 6.07) is 0. The summed E-state index contributed by atoms with van der Waals surface area (Å²) in [7, 11) is 1.89. The van der Waals surface area contributed by atoms with Crippen LogP contribution >= 0.6 is 0 Å². The van der Waals surface area contributed by atoms with Gasteiger partial charge in [-0.2, -0.15) is 0 Å². The van der Waals surface area contributed by atoms with Crippen LogP contribution in [0.3, 0.4) is 0 Å². The van der Waals surface area contributed by atoms with Crippen LogP contribution < -0.4 is 5.32 Å². The summed E-state index contributed by atoms with van der Waals surface area (Å²) in [5, 5.41) is 3.07. The lowest BCUT2D eigenvalue weighted by atomic mass is 10.00. The van der Waals surface area contributed by atoms with E-state index >= 15 is 0 Å². The molecule has 0 aromatic carbocycles. The van der Waals surface area contributed by atoms with Gasteiger partial charge in [-0.3, -0.25) is 4.79 Å². The monoisotopic (exact) mass is 259 g/mol. The Hall–Kier alpha value is -0.670. The summed E-state index contributed by atoms with van der Waals surface area (Å²) in [5.41, 5.74) is -0.625. The molecule has 0 aliphatic carbocycles. The van der Waals surface area contributed by atoms with Crippen molar-refractivity contribution in [2.45, 2.75) is 66.1 Å². The molecular formula is C15H33NO2. The summed E-state index contributed by atoms with van der Waals surface area (Å²) in [6.45, 7) is 20.3. The molecule has 0 fully saturated rings. The van der Waals surface area contributed by atoms with Gasteiger partial charge >= 0.3 is 0 Å². The molecule has 0 bridgehead atoms. The molecule has 0 saturated carbocycles. The van der Waals surface area contributed by atoms with Crippen LogP contribution in [0.15, 0.2) is 13.2 Å². The van der Waals surface area contributed by atoms with Crippen molar-refractivity contribution in [1.82, 2.24) is 5.32 Å². The average molecular weight is 259 g/mol. The number of rotatable bonds is 6. The molecule has 0 spiro atoms. The fraction of sp³-hybridized carbons (Fsp3) is 0.800. The van der Waals surface area contributed by atoms with E-state index in [9.17, 15) is 4.79 Å². The SMILES string of the molecule is C=C.CC.CNCC(C)(C)OC(C)(C)CC(C)=O. The number of ketones is 1. The van der Waals surface area contributed by atoms with Crippen LogP contribution in [-0.2, 0) is 9.53 Å². The molecule has 3 heteroatoms. The van der Waals surface area contributed by atoms with Crippen molar-refractivity contribution in [3.8, 4) is 0 Å². The van der Waals surface area contributed by atoms with Crippen molar-refractivity contribution in [1.29, 1.82) is 0 Å². The summed E-state index contributed by atoms with van der Waals surface area (Å²) in [4.78, 5) is 11.0. The lowest BCUT2D eigenvalue weighted by molar-refractivity contribution is -0.140. The minimum atomic E-state index is -0.383. The Morgan fingerprint density at radius 3 is 1.78 bits per heavy atom. The van der Waals surface area contributed by atoms with Crippen molar-refractivity contribution in [2.24, 2.45) is 0 Å². The zero-order valence-corrected chi connectivity index (χ0v) is 13.6. The normalized spacial score (nSPS) is 10.7. The second-order valence-electron chi connectivity index (χ2n) is 5.03. The first kappa shape index (κ1) is 22.5. The predicted molar refractivity (Wildman–Crippen MR) is 81.1 cm³/mol. The van der Waals surface area contributed by atoms with Gasteiger partial charge in [0.2, 0.25) is 0 Å². The van der Waals surface area contributed by atoms with E-state index in [2.05, 4.69) is 18.5 Å².